The summed E-state index contributed by atoms with van der Waals surface area (Å²) in [7, 11) is 0. The summed E-state index contributed by atoms with van der Waals surface area (Å²) in [4.78, 5) is 39.9. The fourth-order valence-corrected chi connectivity index (χ4v) is 3.33. The number of aromatic nitrogens is 4. The molecule has 13 heteroatoms. The van der Waals surface area contributed by atoms with Crippen LogP contribution in [0.25, 0.3) is 0 Å². The van der Waals surface area contributed by atoms with Crippen LogP contribution in [0, 0.1) is 0 Å². The van der Waals surface area contributed by atoms with Crippen LogP contribution >= 0.6 is 0 Å². The van der Waals surface area contributed by atoms with Gasteiger partial charge in [0.25, 0.3) is 11.8 Å². The summed E-state index contributed by atoms with van der Waals surface area (Å²) in [6, 6.07) is 9.24. The summed E-state index contributed by atoms with van der Waals surface area (Å²) in [5.74, 6) is -1.42. The lowest BCUT2D eigenvalue weighted by molar-refractivity contribution is -0.138. The van der Waals surface area contributed by atoms with E-state index >= 15 is 0 Å². The lowest BCUT2D eigenvalue weighted by Crippen LogP contribution is -2.52. The van der Waals surface area contributed by atoms with Gasteiger partial charge < -0.3 is 5.32 Å². The molecule has 1 saturated heterocycles. The second kappa shape index (κ2) is 9.21. The summed E-state index contributed by atoms with van der Waals surface area (Å²) in [6.07, 6.45) is -3.00. The molecule has 1 aliphatic heterocycles. The van der Waals surface area contributed by atoms with Gasteiger partial charge in [0.2, 0.25) is 0 Å². The average Bonchev–Trinajstić information content (AvgIpc) is 2.84. The number of halogens is 3. The van der Waals surface area contributed by atoms with Gasteiger partial charge in [-0.15, -0.1) is 15.3 Å². The van der Waals surface area contributed by atoms with Crippen LogP contribution in [0.5, 0.6) is 0 Å². The maximum absolute atomic E-state index is 13.3. The highest BCUT2D eigenvalue weighted by molar-refractivity contribution is 6.09. The Labute approximate surface area is 190 Å². The first-order valence-electron chi connectivity index (χ1n) is 9.98. The van der Waals surface area contributed by atoms with E-state index in [1.165, 1.54) is 36.5 Å². The summed E-state index contributed by atoms with van der Waals surface area (Å²) >= 11 is 0. The van der Waals surface area contributed by atoms with Gasteiger partial charge in [-0.25, -0.2) is 4.79 Å². The van der Waals surface area contributed by atoms with Crippen LogP contribution in [0.2, 0.25) is 0 Å². The van der Waals surface area contributed by atoms with Crippen LogP contribution in [0.4, 0.5) is 29.6 Å². The van der Waals surface area contributed by atoms with Crippen molar-refractivity contribution in [1.29, 1.82) is 0 Å². The number of rotatable bonds is 4. The average molecular weight is 471 g/mol. The first kappa shape index (κ1) is 22.8. The molecule has 0 unspecified atom stereocenters. The molecule has 1 aliphatic rings. The Morgan fingerprint density at radius 2 is 1.74 bits per heavy atom. The third-order valence-electron chi connectivity index (χ3n) is 4.91. The van der Waals surface area contributed by atoms with Gasteiger partial charge in [0, 0.05) is 19.3 Å². The maximum atomic E-state index is 13.3. The second-order valence-corrected chi connectivity index (χ2v) is 7.13. The zero-order chi connectivity index (χ0) is 24.3. The number of hydrogen-bond donors (Lipinski definition) is 1. The Morgan fingerprint density at radius 1 is 0.941 bits per heavy atom. The fourth-order valence-electron chi connectivity index (χ4n) is 3.33. The largest absolute Gasteiger partial charge is 0.417 e. The number of hydrogen-bond acceptors (Lipinski definition) is 7. The van der Waals surface area contributed by atoms with Gasteiger partial charge in [-0.2, -0.15) is 18.3 Å². The van der Waals surface area contributed by atoms with E-state index < -0.39 is 35.1 Å². The predicted octanol–water partition coefficient (Wildman–Crippen LogP) is 3.01. The Kier molecular flexibility index (Phi) is 6.17. The number of urea groups is 1. The topological polar surface area (TPSA) is 121 Å². The standard InChI is InChI=1S/C21H16F3N7O3/c22-21(23,24)14-6-2-1-5-13(14)19(33)31-12-4-11-30(20(31)34)17-9-8-15(27-29-17)18(32)26-16-7-3-10-25-28-16/h1-3,5-10H,4,11-12H2,(H,26,28,32). The summed E-state index contributed by atoms with van der Waals surface area (Å²) in [5, 5.41) is 17.5. The fraction of sp³-hybridized carbons (Fsp3) is 0.190. The van der Waals surface area contributed by atoms with Crippen molar-refractivity contribution in [3.63, 3.8) is 0 Å². The Balaban J connectivity index is 1.51. The SMILES string of the molecule is O=C(Nc1cccnn1)c1ccc(N2CCCN(C(=O)c3ccccc3C(F)(F)F)C2=O)nn1. The van der Waals surface area contributed by atoms with E-state index in [1.807, 2.05) is 0 Å². The van der Waals surface area contributed by atoms with Gasteiger partial charge >= 0.3 is 12.2 Å². The predicted molar refractivity (Wildman–Crippen MR) is 112 cm³/mol. The zero-order valence-corrected chi connectivity index (χ0v) is 17.4. The van der Waals surface area contributed by atoms with Gasteiger partial charge in [0.05, 0.1) is 11.1 Å². The molecule has 3 heterocycles. The highest BCUT2D eigenvalue weighted by Crippen LogP contribution is 2.33. The lowest BCUT2D eigenvalue weighted by Gasteiger charge is -2.33. The first-order valence-corrected chi connectivity index (χ1v) is 9.98. The van der Waals surface area contributed by atoms with Crippen LogP contribution in [0.15, 0.2) is 54.7 Å². The minimum Gasteiger partial charge on any atom is -0.304 e. The van der Waals surface area contributed by atoms with Gasteiger partial charge in [-0.1, -0.05) is 12.1 Å². The number of anilines is 2. The molecule has 4 amide bonds. The van der Waals surface area contributed by atoms with Gasteiger partial charge in [-0.3, -0.25) is 19.4 Å². The molecule has 10 nitrogen and oxygen atoms in total. The number of alkyl halides is 3. The number of nitrogens with one attached hydrogen (secondary N) is 1. The minimum atomic E-state index is -4.75. The number of carbonyl (C=O) groups excluding carboxylic acids is 3. The quantitative estimate of drug-likeness (QED) is 0.621. The summed E-state index contributed by atoms with van der Waals surface area (Å²) in [5.41, 5.74) is -1.80. The van der Waals surface area contributed by atoms with E-state index in [1.54, 1.807) is 6.07 Å². The van der Waals surface area contributed by atoms with E-state index in [4.69, 9.17) is 0 Å². The molecule has 0 atom stereocenters. The Bertz CT molecular complexity index is 1220. The van der Waals surface area contributed by atoms with Crippen LogP contribution in [-0.4, -0.2) is 56.2 Å². The van der Waals surface area contributed by atoms with Gasteiger partial charge in [0.15, 0.2) is 17.3 Å². The van der Waals surface area contributed by atoms with Crippen molar-refractivity contribution < 1.29 is 27.6 Å². The molecule has 0 aliphatic carbocycles. The molecule has 174 valence electrons. The molecule has 1 N–H and O–H groups in total. The molecule has 1 fully saturated rings. The zero-order valence-electron chi connectivity index (χ0n) is 17.4. The molecule has 34 heavy (non-hydrogen) atoms. The molecular formula is C21H16F3N7O3. The molecule has 0 radical (unpaired) electrons. The summed E-state index contributed by atoms with van der Waals surface area (Å²) < 4.78 is 40.0. The Morgan fingerprint density at radius 3 is 2.41 bits per heavy atom. The van der Waals surface area contributed by atoms with Gasteiger partial charge in [0.1, 0.15) is 0 Å². The van der Waals surface area contributed by atoms with E-state index in [9.17, 15) is 27.6 Å². The number of benzene rings is 1. The first-order chi connectivity index (χ1) is 16.3. The van der Waals surface area contributed by atoms with Crippen molar-refractivity contribution >= 4 is 29.5 Å². The normalized spacial score (nSPS) is 14.1. The Hall–Kier alpha value is -4.42. The van der Waals surface area contributed by atoms with Gasteiger partial charge in [-0.05, 0) is 42.8 Å². The molecule has 2 aromatic heterocycles. The van der Waals surface area contributed by atoms with Crippen molar-refractivity contribution in [2.75, 3.05) is 23.3 Å². The third-order valence-corrected chi connectivity index (χ3v) is 4.91. The number of carbonyl (C=O) groups is 3. The lowest BCUT2D eigenvalue weighted by atomic mass is 10.1. The van der Waals surface area contributed by atoms with E-state index in [0.717, 1.165) is 21.9 Å². The summed E-state index contributed by atoms with van der Waals surface area (Å²) in [6.45, 7) is 0.121. The number of imide groups is 1. The maximum Gasteiger partial charge on any atom is 0.417 e. The molecule has 0 spiro atoms. The molecule has 0 bridgehead atoms. The van der Waals surface area contributed by atoms with Crippen molar-refractivity contribution in [3.05, 3.63) is 71.5 Å². The molecular weight excluding hydrogens is 455 g/mol. The number of amides is 4. The van der Waals surface area contributed by atoms with E-state index in [2.05, 4.69) is 25.7 Å². The van der Waals surface area contributed by atoms with Crippen LogP contribution in [-0.2, 0) is 6.18 Å². The molecule has 3 aromatic rings. The molecule has 1 aromatic carbocycles. The van der Waals surface area contributed by atoms with Crippen molar-refractivity contribution in [1.82, 2.24) is 25.3 Å². The third kappa shape index (κ3) is 4.67. The van der Waals surface area contributed by atoms with Crippen LogP contribution < -0.4 is 10.2 Å². The van der Waals surface area contributed by atoms with E-state index in [0.29, 0.717) is 6.42 Å². The van der Waals surface area contributed by atoms with E-state index in [-0.39, 0.29) is 30.4 Å². The number of nitrogens with zero attached hydrogens (tertiary/aromatic N) is 6. The highest BCUT2D eigenvalue weighted by Gasteiger charge is 2.39. The monoisotopic (exact) mass is 471 g/mol. The minimum absolute atomic E-state index is 0.0441. The molecule has 4 rings (SSSR count). The highest BCUT2D eigenvalue weighted by atomic mass is 19.4. The van der Waals surface area contributed by atoms with Crippen molar-refractivity contribution in [2.45, 2.75) is 12.6 Å². The van der Waals surface area contributed by atoms with Crippen LogP contribution in [0.1, 0.15) is 32.8 Å². The van der Waals surface area contributed by atoms with Crippen molar-refractivity contribution in [3.8, 4) is 0 Å². The van der Waals surface area contributed by atoms with Crippen molar-refractivity contribution in [2.24, 2.45) is 0 Å². The van der Waals surface area contributed by atoms with Crippen LogP contribution in [0.3, 0.4) is 0 Å². The molecule has 0 saturated carbocycles. The smallest absolute Gasteiger partial charge is 0.304 e. The second-order valence-electron chi connectivity index (χ2n) is 7.13.